The molecule has 0 aliphatic rings. The number of nitrogens with zero attached hydrogens (tertiary/aromatic N) is 3. The highest BCUT2D eigenvalue weighted by Crippen LogP contribution is 2.30. The number of hydrogen-bond donors (Lipinski definition) is 3. The predicted octanol–water partition coefficient (Wildman–Crippen LogP) is 2.59. The van der Waals surface area contributed by atoms with Crippen LogP contribution in [0.3, 0.4) is 0 Å². The third-order valence-corrected chi connectivity index (χ3v) is 4.77. The molecule has 0 saturated carbocycles. The van der Waals surface area contributed by atoms with Gasteiger partial charge in [0, 0.05) is 6.54 Å². The van der Waals surface area contributed by atoms with Crippen molar-refractivity contribution in [1.29, 1.82) is 0 Å². The first kappa shape index (κ1) is 22.7. The number of aliphatic imine (C=N–C) groups is 1. The van der Waals surface area contributed by atoms with Crippen LogP contribution >= 0.6 is 0 Å². The molecule has 1 heterocycles. The number of aromatic nitrogens is 2. The number of hydrogen-bond acceptors (Lipinski definition) is 6. The van der Waals surface area contributed by atoms with Gasteiger partial charge >= 0.3 is 5.97 Å². The van der Waals surface area contributed by atoms with Gasteiger partial charge in [0.15, 0.2) is 0 Å². The van der Waals surface area contributed by atoms with Crippen molar-refractivity contribution >= 4 is 17.7 Å². The minimum atomic E-state index is -1.15. The summed E-state index contributed by atoms with van der Waals surface area (Å²) in [7, 11) is 0. The topological polar surface area (TPSA) is 144 Å². The van der Waals surface area contributed by atoms with E-state index >= 15 is 0 Å². The molecule has 0 aliphatic carbocycles. The molecular formula is C23H25N5O4. The average Bonchev–Trinajstić information content (AvgIpc) is 3.27. The summed E-state index contributed by atoms with van der Waals surface area (Å²) in [5.41, 5.74) is 7.32. The van der Waals surface area contributed by atoms with Gasteiger partial charge < -0.3 is 20.7 Å². The summed E-state index contributed by atoms with van der Waals surface area (Å²) >= 11 is 0. The molecule has 1 amide bonds. The van der Waals surface area contributed by atoms with Crippen LogP contribution in [0.4, 0.5) is 0 Å². The highest BCUT2D eigenvalue weighted by atomic mass is 16.5. The predicted molar refractivity (Wildman–Crippen MR) is 118 cm³/mol. The van der Waals surface area contributed by atoms with E-state index in [4.69, 9.17) is 10.3 Å². The third-order valence-electron chi connectivity index (χ3n) is 4.77. The van der Waals surface area contributed by atoms with Crippen LogP contribution < -0.4 is 11.1 Å². The molecule has 1 atom stereocenters. The lowest BCUT2D eigenvalue weighted by Gasteiger charge is -2.14. The summed E-state index contributed by atoms with van der Waals surface area (Å²) in [4.78, 5) is 32.4. The average molecular weight is 435 g/mol. The summed E-state index contributed by atoms with van der Waals surface area (Å²) in [6.07, 6.45) is 0.645. The first-order valence-electron chi connectivity index (χ1n) is 10.2. The molecular weight excluding hydrogens is 410 g/mol. The quantitative estimate of drug-likeness (QED) is 0.252. The van der Waals surface area contributed by atoms with Gasteiger partial charge in [0.25, 0.3) is 11.7 Å². The molecule has 0 radical (unpaired) electrons. The van der Waals surface area contributed by atoms with Crippen LogP contribution in [0, 0.1) is 0 Å². The summed E-state index contributed by atoms with van der Waals surface area (Å²) < 4.78 is 5.42. The van der Waals surface area contributed by atoms with E-state index in [0.717, 1.165) is 11.1 Å². The van der Waals surface area contributed by atoms with Gasteiger partial charge in [-0.25, -0.2) is 4.79 Å². The Morgan fingerprint density at radius 2 is 1.69 bits per heavy atom. The number of benzene rings is 2. The van der Waals surface area contributed by atoms with Gasteiger partial charge in [0.05, 0.1) is 11.8 Å². The molecule has 4 N–H and O–H groups in total. The Labute approximate surface area is 185 Å². The van der Waals surface area contributed by atoms with Crippen LogP contribution in [-0.4, -0.2) is 45.5 Å². The molecule has 0 bridgehead atoms. The molecule has 0 fully saturated rings. The van der Waals surface area contributed by atoms with Gasteiger partial charge in [0.2, 0.25) is 5.89 Å². The van der Waals surface area contributed by atoms with E-state index in [0.29, 0.717) is 18.8 Å². The van der Waals surface area contributed by atoms with E-state index < -0.39 is 17.9 Å². The normalized spacial score (nSPS) is 12.5. The lowest BCUT2D eigenvalue weighted by molar-refractivity contribution is -0.139. The second kappa shape index (κ2) is 10.9. The maximum absolute atomic E-state index is 12.6. The number of amides is 1. The molecule has 0 saturated heterocycles. The summed E-state index contributed by atoms with van der Waals surface area (Å²) in [6, 6.07) is 18.1. The minimum Gasteiger partial charge on any atom is -0.480 e. The maximum atomic E-state index is 12.6. The summed E-state index contributed by atoms with van der Waals surface area (Å²) in [6.45, 7) is 2.03. The number of carboxylic acids is 1. The Hall–Kier alpha value is -4.01. The van der Waals surface area contributed by atoms with E-state index in [2.05, 4.69) is 20.4 Å². The van der Waals surface area contributed by atoms with E-state index in [1.165, 1.54) is 0 Å². The van der Waals surface area contributed by atoms with Crippen molar-refractivity contribution in [3.8, 4) is 0 Å². The van der Waals surface area contributed by atoms with Crippen molar-refractivity contribution in [3.63, 3.8) is 0 Å². The number of rotatable bonds is 10. The largest absolute Gasteiger partial charge is 0.480 e. The Morgan fingerprint density at radius 1 is 1.09 bits per heavy atom. The van der Waals surface area contributed by atoms with Crippen molar-refractivity contribution in [2.45, 2.75) is 31.7 Å². The fourth-order valence-electron chi connectivity index (χ4n) is 3.24. The highest BCUT2D eigenvalue weighted by molar-refractivity contribution is 5.93. The van der Waals surface area contributed by atoms with Gasteiger partial charge in [-0.15, -0.1) is 0 Å². The smallest absolute Gasteiger partial charge is 0.326 e. The maximum Gasteiger partial charge on any atom is 0.326 e. The fourth-order valence-corrected chi connectivity index (χ4v) is 3.24. The lowest BCUT2D eigenvalue weighted by atomic mass is 9.91. The SMILES string of the molecule is CC(N)=NCCC[C@H](NC(=O)c1noc(C(c2ccccc2)c2ccccc2)n1)C(=O)O. The van der Waals surface area contributed by atoms with Crippen molar-refractivity contribution in [2.75, 3.05) is 6.54 Å². The van der Waals surface area contributed by atoms with E-state index in [1.54, 1.807) is 6.92 Å². The number of carboxylic acid groups (broad SMARTS) is 1. The van der Waals surface area contributed by atoms with E-state index in [9.17, 15) is 14.7 Å². The van der Waals surface area contributed by atoms with Gasteiger partial charge in [-0.1, -0.05) is 65.8 Å². The molecule has 0 spiro atoms. The lowest BCUT2D eigenvalue weighted by Crippen LogP contribution is -2.41. The molecule has 3 aromatic rings. The molecule has 0 unspecified atom stereocenters. The zero-order chi connectivity index (χ0) is 22.9. The minimum absolute atomic E-state index is 0.194. The highest BCUT2D eigenvalue weighted by Gasteiger charge is 2.27. The van der Waals surface area contributed by atoms with Crippen molar-refractivity contribution < 1.29 is 19.2 Å². The Bertz CT molecular complexity index is 1020. The van der Waals surface area contributed by atoms with Crippen molar-refractivity contribution in [1.82, 2.24) is 15.5 Å². The number of nitrogens with one attached hydrogen (secondary N) is 1. The Balaban J connectivity index is 1.77. The van der Waals surface area contributed by atoms with Crippen LogP contribution in [0.25, 0.3) is 0 Å². The molecule has 32 heavy (non-hydrogen) atoms. The van der Waals surface area contributed by atoms with Gasteiger partial charge in [0.1, 0.15) is 6.04 Å². The molecule has 9 nitrogen and oxygen atoms in total. The second-order valence-corrected chi connectivity index (χ2v) is 7.24. The molecule has 0 aliphatic heterocycles. The van der Waals surface area contributed by atoms with Crippen molar-refractivity contribution in [3.05, 3.63) is 83.5 Å². The number of nitrogens with two attached hydrogens (primary N) is 1. The van der Waals surface area contributed by atoms with Gasteiger partial charge in [-0.3, -0.25) is 9.79 Å². The van der Waals surface area contributed by atoms with E-state index in [-0.39, 0.29) is 24.1 Å². The van der Waals surface area contributed by atoms with Crippen LogP contribution in [0.1, 0.15) is 53.3 Å². The molecule has 1 aromatic heterocycles. The molecule has 166 valence electrons. The molecule has 3 rings (SSSR count). The van der Waals surface area contributed by atoms with Crippen LogP contribution in [0.2, 0.25) is 0 Å². The third kappa shape index (κ3) is 6.00. The first-order valence-corrected chi connectivity index (χ1v) is 10.2. The number of aliphatic carboxylic acids is 1. The van der Waals surface area contributed by atoms with E-state index in [1.807, 2.05) is 60.7 Å². The summed E-state index contributed by atoms with van der Waals surface area (Å²) in [5, 5.41) is 15.7. The van der Waals surface area contributed by atoms with Crippen LogP contribution in [0.15, 0.2) is 70.2 Å². The molecule has 2 aromatic carbocycles. The zero-order valence-electron chi connectivity index (χ0n) is 17.6. The monoisotopic (exact) mass is 435 g/mol. The van der Waals surface area contributed by atoms with Crippen LogP contribution in [0.5, 0.6) is 0 Å². The van der Waals surface area contributed by atoms with Crippen molar-refractivity contribution in [2.24, 2.45) is 10.7 Å². The standard InChI is InChI=1S/C23H25N5O4/c1-15(24)25-14-8-13-18(23(30)31)26-21(29)20-27-22(32-28-20)19(16-9-4-2-5-10-16)17-11-6-3-7-12-17/h2-7,9-12,18-19H,8,13-14H2,1H3,(H2,24,25)(H,26,29)(H,30,31)/t18-/m0/s1. The Kier molecular flexibility index (Phi) is 7.69. The zero-order valence-corrected chi connectivity index (χ0v) is 17.6. The Morgan fingerprint density at radius 3 is 2.22 bits per heavy atom. The van der Waals surface area contributed by atoms with Gasteiger partial charge in [-0.2, -0.15) is 4.98 Å². The second-order valence-electron chi connectivity index (χ2n) is 7.24. The fraction of sp³-hybridized carbons (Fsp3) is 0.261. The summed E-state index contributed by atoms with van der Waals surface area (Å²) in [5.74, 6) is -1.79. The van der Waals surface area contributed by atoms with Gasteiger partial charge in [-0.05, 0) is 30.9 Å². The van der Waals surface area contributed by atoms with Crippen LogP contribution in [-0.2, 0) is 4.79 Å². The number of amidine groups is 1. The molecule has 9 heteroatoms. The number of carbonyl (C=O) groups is 2. The first-order chi connectivity index (χ1) is 15.5. The number of carbonyl (C=O) groups excluding carboxylic acids is 1.